The van der Waals surface area contributed by atoms with Gasteiger partial charge in [0.05, 0.1) is 4.90 Å². The zero-order valence-electron chi connectivity index (χ0n) is 9.13. The maximum Gasteiger partial charge on any atom is 0.322 e. The van der Waals surface area contributed by atoms with Crippen LogP contribution in [0.2, 0.25) is 0 Å². The number of terminal acetylenes is 1. The van der Waals surface area contributed by atoms with E-state index in [1.165, 1.54) is 12.1 Å². The number of halogens is 1. The molecule has 5 nitrogen and oxygen atoms in total. The first-order valence-corrected chi connectivity index (χ1v) is 7.08. The third kappa shape index (κ3) is 3.84. The summed E-state index contributed by atoms with van der Waals surface area (Å²) in [5.41, 5.74) is 0. The topological polar surface area (TPSA) is 83.5 Å². The van der Waals surface area contributed by atoms with E-state index in [0.717, 1.165) is 4.47 Å². The van der Waals surface area contributed by atoms with E-state index in [0.29, 0.717) is 0 Å². The predicted octanol–water partition coefficient (Wildman–Crippen LogP) is 1.20. The van der Waals surface area contributed by atoms with Gasteiger partial charge in [-0.25, -0.2) is 8.42 Å². The molecule has 2 N–H and O–H groups in total. The van der Waals surface area contributed by atoms with Crippen molar-refractivity contribution in [2.45, 2.75) is 17.4 Å². The normalized spacial score (nSPS) is 12.7. The van der Waals surface area contributed by atoms with Crippen molar-refractivity contribution >= 4 is 31.9 Å². The molecule has 1 aromatic rings. The fourth-order valence-corrected chi connectivity index (χ4v) is 2.62. The quantitative estimate of drug-likeness (QED) is 0.794. The lowest BCUT2D eigenvalue weighted by Crippen LogP contribution is -2.40. The third-order valence-corrected chi connectivity index (χ3v) is 4.06. The number of sulfonamides is 1. The van der Waals surface area contributed by atoms with Crippen LogP contribution in [0.3, 0.4) is 0 Å². The summed E-state index contributed by atoms with van der Waals surface area (Å²) in [7, 11) is -3.89. The second kappa shape index (κ2) is 6.00. The van der Waals surface area contributed by atoms with Gasteiger partial charge in [0.25, 0.3) is 0 Å². The van der Waals surface area contributed by atoms with Crippen molar-refractivity contribution in [2.24, 2.45) is 0 Å². The van der Waals surface area contributed by atoms with Crippen molar-refractivity contribution in [3.05, 3.63) is 28.7 Å². The number of hydrogen-bond acceptors (Lipinski definition) is 3. The lowest BCUT2D eigenvalue weighted by molar-refractivity contribution is -0.138. The Balaban J connectivity index is 2.97. The highest BCUT2D eigenvalue weighted by atomic mass is 79.9. The van der Waals surface area contributed by atoms with Crippen LogP contribution in [0.15, 0.2) is 33.6 Å². The van der Waals surface area contributed by atoms with Gasteiger partial charge < -0.3 is 5.11 Å². The van der Waals surface area contributed by atoms with Crippen LogP contribution in [0, 0.1) is 12.3 Å². The zero-order valence-corrected chi connectivity index (χ0v) is 11.5. The van der Waals surface area contributed by atoms with Gasteiger partial charge in [-0.2, -0.15) is 4.72 Å². The van der Waals surface area contributed by atoms with Gasteiger partial charge in [-0.3, -0.25) is 4.79 Å². The summed E-state index contributed by atoms with van der Waals surface area (Å²) in [4.78, 5) is 10.8. The summed E-state index contributed by atoms with van der Waals surface area (Å²) in [5.74, 6) is 0.806. The van der Waals surface area contributed by atoms with Crippen LogP contribution in [0.5, 0.6) is 0 Å². The molecule has 96 valence electrons. The van der Waals surface area contributed by atoms with Gasteiger partial charge in [-0.1, -0.05) is 15.9 Å². The minimum Gasteiger partial charge on any atom is -0.480 e. The maximum atomic E-state index is 11.9. The molecule has 0 saturated carbocycles. The summed E-state index contributed by atoms with van der Waals surface area (Å²) >= 11 is 3.18. The van der Waals surface area contributed by atoms with Crippen LogP contribution in [0.4, 0.5) is 0 Å². The second-order valence-corrected chi connectivity index (χ2v) is 6.00. The largest absolute Gasteiger partial charge is 0.480 e. The number of rotatable bonds is 5. The molecule has 0 heterocycles. The standard InChI is InChI=1S/C11H10BrNO4S/c1-2-3-10(11(14)15)13-18(16,17)9-6-4-8(12)5-7-9/h1,4-7,10,13H,3H2,(H,14,15). The molecule has 0 aromatic heterocycles. The van der Waals surface area contributed by atoms with E-state index in [9.17, 15) is 13.2 Å². The molecule has 0 fully saturated rings. The average molecular weight is 332 g/mol. The number of carboxylic acid groups (broad SMARTS) is 1. The lowest BCUT2D eigenvalue weighted by atomic mass is 10.2. The van der Waals surface area contributed by atoms with Crippen molar-refractivity contribution in [1.29, 1.82) is 0 Å². The van der Waals surface area contributed by atoms with Crippen molar-refractivity contribution in [3.63, 3.8) is 0 Å². The fourth-order valence-electron chi connectivity index (χ4n) is 1.17. The van der Waals surface area contributed by atoms with Gasteiger partial charge in [0.15, 0.2) is 0 Å². The molecule has 0 amide bonds. The van der Waals surface area contributed by atoms with E-state index in [1.54, 1.807) is 12.1 Å². The van der Waals surface area contributed by atoms with E-state index in [2.05, 4.69) is 21.9 Å². The molecule has 0 spiro atoms. The molecule has 18 heavy (non-hydrogen) atoms. The first-order valence-electron chi connectivity index (χ1n) is 4.81. The van der Waals surface area contributed by atoms with Gasteiger partial charge in [-0.15, -0.1) is 12.3 Å². The molecule has 0 aliphatic carbocycles. The van der Waals surface area contributed by atoms with Crippen LogP contribution in [-0.4, -0.2) is 25.5 Å². The molecule has 0 aliphatic heterocycles. The minimum absolute atomic E-state index is 0.0195. The molecule has 1 rings (SSSR count). The molecule has 0 bridgehead atoms. The summed E-state index contributed by atoms with van der Waals surface area (Å²) < 4.78 is 26.5. The van der Waals surface area contributed by atoms with Crippen molar-refractivity contribution in [2.75, 3.05) is 0 Å². The highest BCUT2D eigenvalue weighted by Gasteiger charge is 2.24. The molecule has 1 unspecified atom stereocenters. The molecule has 7 heteroatoms. The van der Waals surface area contributed by atoms with E-state index in [1.807, 2.05) is 4.72 Å². The number of nitrogens with one attached hydrogen (secondary N) is 1. The molecular formula is C11H10BrNO4S. The molecule has 1 aromatic carbocycles. The summed E-state index contributed by atoms with van der Waals surface area (Å²) in [6.07, 6.45) is 4.77. The molecule has 0 saturated heterocycles. The van der Waals surface area contributed by atoms with Gasteiger partial charge in [-0.05, 0) is 24.3 Å². The first kappa shape index (κ1) is 14.7. The third-order valence-electron chi connectivity index (χ3n) is 2.04. The maximum absolute atomic E-state index is 11.9. The van der Waals surface area contributed by atoms with Gasteiger partial charge >= 0.3 is 5.97 Å². The lowest BCUT2D eigenvalue weighted by Gasteiger charge is -2.12. The Bertz CT molecular complexity index is 574. The van der Waals surface area contributed by atoms with Gasteiger partial charge in [0.1, 0.15) is 6.04 Å². The monoisotopic (exact) mass is 331 g/mol. The summed E-state index contributed by atoms with van der Waals surface area (Å²) in [6.45, 7) is 0. The van der Waals surface area contributed by atoms with E-state index in [4.69, 9.17) is 11.5 Å². The first-order chi connectivity index (χ1) is 8.36. The van der Waals surface area contributed by atoms with Crippen molar-refractivity contribution < 1.29 is 18.3 Å². The van der Waals surface area contributed by atoms with Crippen molar-refractivity contribution in [3.8, 4) is 12.3 Å². The Morgan fingerprint density at radius 2 is 2.00 bits per heavy atom. The van der Waals surface area contributed by atoms with E-state index in [-0.39, 0.29) is 11.3 Å². The van der Waals surface area contributed by atoms with Crippen LogP contribution in [0.25, 0.3) is 0 Å². The Kier molecular flexibility index (Phi) is 4.90. The van der Waals surface area contributed by atoms with Gasteiger partial charge in [0, 0.05) is 10.9 Å². The Hall–Kier alpha value is -1.36. The Morgan fingerprint density at radius 3 is 2.44 bits per heavy atom. The molecular weight excluding hydrogens is 322 g/mol. The molecule has 0 aliphatic rings. The average Bonchev–Trinajstić information content (AvgIpc) is 2.28. The Labute approximate surface area is 113 Å². The second-order valence-electron chi connectivity index (χ2n) is 3.37. The molecule has 0 radical (unpaired) electrons. The van der Waals surface area contributed by atoms with Crippen LogP contribution < -0.4 is 4.72 Å². The summed E-state index contributed by atoms with van der Waals surface area (Å²) in [5, 5.41) is 8.83. The number of hydrogen-bond donors (Lipinski definition) is 2. The van der Waals surface area contributed by atoms with Crippen LogP contribution >= 0.6 is 15.9 Å². The van der Waals surface area contributed by atoms with Gasteiger partial charge in [0.2, 0.25) is 10.0 Å². The zero-order chi connectivity index (χ0) is 13.8. The van der Waals surface area contributed by atoms with Crippen LogP contribution in [0.1, 0.15) is 6.42 Å². The summed E-state index contributed by atoms with van der Waals surface area (Å²) in [6, 6.07) is 4.49. The highest BCUT2D eigenvalue weighted by Crippen LogP contribution is 2.15. The fraction of sp³-hybridized carbons (Fsp3) is 0.182. The van der Waals surface area contributed by atoms with Crippen LogP contribution in [-0.2, 0) is 14.8 Å². The smallest absolute Gasteiger partial charge is 0.322 e. The SMILES string of the molecule is C#CCC(NS(=O)(=O)c1ccc(Br)cc1)C(=O)O. The number of aliphatic carboxylic acids is 1. The van der Waals surface area contributed by atoms with E-state index >= 15 is 0 Å². The number of benzene rings is 1. The number of carboxylic acids is 1. The Morgan fingerprint density at radius 1 is 1.44 bits per heavy atom. The van der Waals surface area contributed by atoms with Crippen molar-refractivity contribution in [1.82, 2.24) is 4.72 Å². The predicted molar refractivity (Wildman–Crippen MR) is 69.3 cm³/mol. The number of carbonyl (C=O) groups is 1. The molecule has 1 atom stereocenters. The minimum atomic E-state index is -3.89. The highest BCUT2D eigenvalue weighted by molar-refractivity contribution is 9.10. The van der Waals surface area contributed by atoms with E-state index < -0.39 is 22.0 Å².